The average Bonchev–Trinajstić information content (AvgIpc) is 2.62. The van der Waals surface area contributed by atoms with Gasteiger partial charge < -0.3 is 21.1 Å². The molecule has 0 aliphatic heterocycles. The number of nitrogens with two attached hydrogens (primary N) is 1. The molecule has 4 N–H and O–H groups in total. The molecule has 3 rings (SSSR count). The summed E-state index contributed by atoms with van der Waals surface area (Å²) in [6, 6.07) is 9.98. The van der Waals surface area contributed by atoms with Gasteiger partial charge in [0.15, 0.2) is 11.6 Å². The van der Waals surface area contributed by atoms with E-state index in [9.17, 15) is 4.39 Å². The van der Waals surface area contributed by atoms with E-state index < -0.39 is 5.82 Å². The van der Waals surface area contributed by atoms with Gasteiger partial charge in [0.05, 0.1) is 17.8 Å². The van der Waals surface area contributed by atoms with Crippen molar-refractivity contribution in [2.24, 2.45) is 0 Å². The Morgan fingerprint density at radius 1 is 1.08 bits per heavy atom. The van der Waals surface area contributed by atoms with Crippen LogP contribution >= 0.6 is 11.6 Å². The Hall–Kier alpha value is -3.06. The van der Waals surface area contributed by atoms with Gasteiger partial charge in [0, 0.05) is 5.69 Å². The van der Waals surface area contributed by atoms with Crippen LogP contribution < -0.4 is 21.1 Å². The van der Waals surface area contributed by atoms with Gasteiger partial charge in [0.1, 0.15) is 23.6 Å². The second-order valence-electron chi connectivity index (χ2n) is 5.57. The molecule has 1 heterocycles. The van der Waals surface area contributed by atoms with E-state index >= 15 is 0 Å². The van der Waals surface area contributed by atoms with Crippen molar-refractivity contribution in [1.82, 2.24) is 9.97 Å². The van der Waals surface area contributed by atoms with Crippen LogP contribution in [0.4, 0.5) is 33.1 Å². The number of halogens is 2. The fourth-order valence-electron chi connectivity index (χ4n) is 2.35. The van der Waals surface area contributed by atoms with E-state index in [4.69, 9.17) is 22.1 Å². The molecule has 1 aromatic heterocycles. The minimum atomic E-state index is -0.498. The second-order valence-corrected chi connectivity index (χ2v) is 5.97. The molecule has 0 amide bonds. The lowest BCUT2D eigenvalue weighted by Crippen LogP contribution is -2.06. The van der Waals surface area contributed by atoms with Crippen LogP contribution in [0.25, 0.3) is 0 Å². The Kier molecular flexibility index (Phi) is 5.09. The van der Waals surface area contributed by atoms with Crippen LogP contribution in [0.1, 0.15) is 5.56 Å². The van der Waals surface area contributed by atoms with Crippen LogP contribution in [-0.4, -0.2) is 17.1 Å². The third-order valence-electron chi connectivity index (χ3n) is 3.67. The zero-order valence-electron chi connectivity index (χ0n) is 14.2. The number of nitrogen functional groups attached to an aromatic ring is 1. The number of benzene rings is 2. The Balaban J connectivity index is 1.90. The van der Waals surface area contributed by atoms with Gasteiger partial charge in [-0.1, -0.05) is 17.7 Å². The van der Waals surface area contributed by atoms with Crippen molar-refractivity contribution in [3.8, 4) is 5.75 Å². The Morgan fingerprint density at radius 3 is 2.50 bits per heavy atom. The second kappa shape index (κ2) is 7.45. The number of aryl methyl sites for hydroxylation is 1. The van der Waals surface area contributed by atoms with Crippen LogP contribution in [-0.2, 0) is 0 Å². The molecule has 6 nitrogen and oxygen atoms in total. The van der Waals surface area contributed by atoms with Gasteiger partial charge in [-0.15, -0.1) is 0 Å². The zero-order valence-corrected chi connectivity index (χ0v) is 14.9. The van der Waals surface area contributed by atoms with Gasteiger partial charge in [-0.25, -0.2) is 14.4 Å². The summed E-state index contributed by atoms with van der Waals surface area (Å²) in [5.74, 6) is 0.951. The highest BCUT2D eigenvalue weighted by molar-refractivity contribution is 6.31. The SMILES string of the molecule is COc1ccc(C)cc1Nc1ncnc(Nc2ccc(F)c(Cl)c2)c1N. The smallest absolute Gasteiger partial charge is 0.159 e. The van der Waals surface area contributed by atoms with Crippen molar-refractivity contribution in [2.75, 3.05) is 23.5 Å². The number of methoxy groups -OCH3 is 1. The van der Waals surface area contributed by atoms with Crippen LogP contribution in [0.2, 0.25) is 5.02 Å². The molecular weight excluding hydrogens is 357 g/mol. The first-order valence-corrected chi connectivity index (χ1v) is 8.10. The molecule has 0 radical (unpaired) electrons. The predicted molar refractivity (Wildman–Crippen MR) is 102 cm³/mol. The molecule has 26 heavy (non-hydrogen) atoms. The molecule has 0 atom stereocenters. The van der Waals surface area contributed by atoms with Gasteiger partial charge in [-0.3, -0.25) is 0 Å². The zero-order chi connectivity index (χ0) is 18.7. The Morgan fingerprint density at radius 2 is 1.81 bits per heavy atom. The van der Waals surface area contributed by atoms with Crippen LogP contribution in [0.5, 0.6) is 5.75 Å². The van der Waals surface area contributed by atoms with Crippen molar-refractivity contribution in [1.29, 1.82) is 0 Å². The van der Waals surface area contributed by atoms with Crippen LogP contribution in [0.3, 0.4) is 0 Å². The third kappa shape index (κ3) is 3.78. The van der Waals surface area contributed by atoms with Crippen molar-refractivity contribution >= 4 is 40.3 Å². The summed E-state index contributed by atoms with van der Waals surface area (Å²) in [7, 11) is 1.59. The standard InChI is InChI=1S/C18H17ClFN5O/c1-10-3-6-15(26-2)14(7-10)25-18-16(21)17(22-9-23-18)24-11-4-5-13(20)12(19)8-11/h3-9H,21H2,1-2H3,(H2,22,23,24,25). The summed E-state index contributed by atoms with van der Waals surface area (Å²) >= 11 is 5.80. The molecule has 0 fully saturated rings. The number of ether oxygens (including phenoxy) is 1. The van der Waals surface area contributed by atoms with Gasteiger partial charge in [-0.2, -0.15) is 0 Å². The average molecular weight is 374 g/mol. The molecule has 0 bridgehead atoms. The van der Waals surface area contributed by atoms with Crippen LogP contribution in [0.15, 0.2) is 42.7 Å². The fraction of sp³-hybridized carbons (Fsp3) is 0.111. The highest BCUT2D eigenvalue weighted by Crippen LogP contribution is 2.33. The maximum Gasteiger partial charge on any atom is 0.159 e. The quantitative estimate of drug-likeness (QED) is 0.603. The lowest BCUT2D eigenvalue weighted by Gasteiger charge is -2.15. The van der Waals surface area contributed by atoms with Crippen molar-refractivity contribution in [3.63, 3.8) is 0 Å². The number of rotatable bonds is 5. The Labute approximate surface area is 155 Å². The summed E-state index contributed by atoms with van der Waals surface area (Å²) in [6.45, 7) is 1.97. The number of nitrogens with zero attached hydrogens (tertiary/aromatic N) is 2. The first-order valence-electron chi connectivity index (χ1n) is 7.72. The molecule has 0 spiro atoms. The van der Waals surface area contributed by atoms with E-state index in [2.05, 4.69) is 20.6 Å². The third-order valence-corrected chi connectivity index (χ3v) is 3.96. The largest absolute Gasteiger partial charge is 0.495 e. The minimum Gasteiger partial charge on any atom is -0.495 e. The van der Waals surface area contributed by atoms with Gasteiger partial charge in [0.2, 0.25) is 0 Å². The number of hydrogen-bond donors (Lipinski definition) is 3. The number of aromatic nitrogens is 2. The summed E-state index contributed by atoms with van der Waals surface area (Å²) in [5, 5.41) is 6.17. The monoisotopic (exact) mass is 373 g/mol. The van der Waals surface area contributed by atoms with Gasteiger partial charge in [-0.05, 0) is 42.8 Å². The fourth-order valence-corrected chi connectivity index (χ4v) is 2.53. The van der Waals surface area contributed by atoms with E-state index in [1.807, 2.05) is 25.1 Å². The maximum absolute atomic E-state index is 13.3. The molecule has 3 aromatic rings. The van der Waals surface area contributed by atoms with Gasteiger partial charge in [0.25, 0.3) is 0 Å². The van der Waals surface area contributed by atoms with Crippen LogP contribution in [0, 0.1) is 12.7 Å². The number of hydrogen-bond acceptors (Lipinski definition) is 6. The number of anilines is 5. The molecule has 0 saturated heterocycles. The van der Waals surface area contributed by atoms with Crippen molar-refractivity contribution in [2.45, 2.75) is 6.92 Å². The molecule has 0 aliphatic rings. The lowest BCUT2D eigenvalue weighted by atomic mass is 10.2. The van der Waals surface area contributed by atoms with E-state index in [-0.39, 0.29) is 5.02 Å². The molecule has 2 aromatic carbocycles. The summed E-state index contributed by atoms with van der Waals surface area (Å²) in [6.07, 6.45) is 1.37. The summed E-state index contributed by atoms with van der Waals surface area (Å²) in [5.41, 5.74) is 8.82. The highest BCUT2D eigenvalue weighted by atomic mass is 35.5. The first kappa shape index (κ1) is 17.8. The molecular formula is C18H17ClFN5O. The normalized spacial score (nSPS) is 10.5. The molecule has 0 saturated carbocycles. The number of nitrogens with one attached hydrogen (secondary N) is 2. The molecule has 8 heteroatoms. The molecule has 134 valence electrons. The van der Waals surface area contributed by atoms with E-state index in [0.717, 1.165) is 11.3 Å². The summed E-state index contributed by atoms with van der Waals surface area (Å²) < 4.78 is 18.6. The van der Waals surface area contributed by atoms with E-state index in [0.29, 0.717) is 28.8 Å². The summed E-state index contributed by atoms with van der Waals surface area (Å²) in [4.78, 5) is 8.32. The van der Waals surface area contributed by atoms with Gasteiger partial charge >= 0.3 is 0 Å². The first-order chi connectivity index (χ1) is 12.5. The molecule has 0 unspecified atom stereocenters. The topological polar surface area (TPSA) is 85.1 Å². The van der Waals surface area contributed by atoms with E-state index in [1.165, 1.54) is 18.5 Å². The predicted octanol–water partition coefficient (Wildman–Crippen LogP) is 4.66. The maximum atomic E-state index is 13.3. The lowest BCUT2D eigenvalue weighted by molar-refractivity contribution is 0.416. The molecule has 0 aliphatic carbocycles. The highest BCUT2D eigenvalue weighted by Gasteiger charge is 2.12. The Bertz CT molecular complexity index is 951. The van der Waals surface area contributed by atoms with E-state index in [1.54, 1.807) is 13.2 Å². The van der Waals surface area contributed by atoms with Crippen molar-refractivity contribution in [3.05, 3.63) is 59.1 Å². The van der Waals surface area contributed by atoms with Crippen molar-refractivity contribution < 1.29 is 9.13 Å². The minimum absolute atomic E-state index is 0.00507.